The second-order valence-corrected chi connectivity index (χ2v) is 9.41. The van der Waals surface area contributed by atoms with Crippen LogP contribution in [0.15, 0.2) is 28.9 Å². The molecule has 0 spiro atoms. The second kappa shape index (κ2) is 8.18. The highest BCUT2D eigenvalue weighted by Gasteiger charge is 2.33. The van der Waals surface area contributed by atoms with Crippen molar-refractivity contribution in [3.8, 4) is 11.6 Å². The van der Waals surface area contributed by atoms with Crippen LogP contribution in [0.5, 0.6) is 11.6 Å². The highest BCUT2D eigenvalue weighted by Crippen LogP contribution is 2.32. The molecular formula is C17H20BrFN2O6S. The zero-order valence-electron chi connectivity index (χ0n) is 15.9. The molecule has 0 saturated heterocycles. The SMILES string of the molecule is Cn1cc(Br)c(Oc2ccc(F)c(C(OS(C)(=O)=O)C(=O)OC(C)(C)C)c2)n1. The number of ether oxygens (including phenoxy) is 2. The van der Waals surface area contributed by atoms with Crippen molar-refractivity contribution in [1.29, 1.82) is 0 Å². The number of halogens is 2. The van der Waals surface area contributed by atoms with Gasteiger partial charge in [-0.2, -0.15) is 8.42 Å². The number of rotatable bonds is 6. The van der Waals surface area contributed by atoms with Crippen LogP contribution in [0.3, 0.4) is 0 Å². The first kappa shape index (κ1) is 22.3. The number of aryl methyl sites for hydroxylation is 1. The Morgan fingerprint density at radius 3 is 2.46 bits per heavy atom. The van der Waals surface area contributed by atoms with Crippen LogP contribution < -0.4 is 4.74 Å². The molecule has 0 saturated carbocycles. The molecule has 2 rings (SSSR count). The molecule has 8 nitrogen and oxygen atoms in total. The quantitative estimate of drug-likeness (QED) is 0.462. The Balaban J connectivity index is 2.43. The fraction of sp³-hybridized carbons (Fsp3) is 0.412. The van der Waals surface area contributed by atoms with Gasteiger partial charge in [-0.15, -0.1) is 5.10 Å². The molecule has 0 fully saturated rings. The van der Waals surface area contributed by atoms with E-state index >= 15 is 0 Å². The van der Waals surface area contributed by atoms with Crippen molar-refractivity contribution < 1.29 is 31.3 Å². The van der Waals surface area contributed by atoms with E-state index in [9.17, 15) is 17.6 Å². The highest BCUT2D eigenvalue weighted by molar-refractivity contribution is 9.10. The Bertz CT molecular complexity index is 984. The van der Waals surface area contributed by atoms with Crippen molar-refractivity contribution >= 4 is 32.0 Å². The number of nitrogens with zero attached hydrogens (tertiary/aromatic N) is 2. The molecule has 0 aliphatic heterocycles. The predicted molar refractivity (Wildman–Crippen MR) is 102 cm³/mol. The molecule has 11 heteroatoms. The van der Waals surface area contributed by atoms with Gasteiger partial charge in [-0.1, -0.05) is 0 Å². The molecular weight excluding hydrogens is 459 g/mol. The summed E-state index contributed by atoms with van der Waals surface area (Å²) in [6, 6.07) is 3.51. The van der Waals surface area contributed by atoms with Crippen LogP contribution in [0, 0.1) is 5.82 Å². The molecule has 0 aliphatic carbocycles. The van der Waals surface area contributed by atoms with Crippen LogP contribution in [0.4, 0.5) is 4.39 Å². The van der Waals surface area contributed by atoms with Crippen LogP contribution in [0.25, 0.3) is 0 Å². The van der Waals surface area contributed by atoms with E-state index in [0.29, 0.717) is 4.47 Å². The standard InChI is InChI=1S/C17H20BrFN2O6S/c1-17(2,3)26-16(22)14(27-28(5,23)24)11-8-10(6-7-13(11)19)25-15-12(18)9-21(4)20-15/h6-9,14H,1-5H3. The molecule has 2 aromatic rings. The van der Waals surface area contributed by atoms with E-state index in [2.05, 4.69) is 21.0 Å². The van der Waals surface area contributed by atoms with Gasteiger partial charge in [0.1, 0.15) is 17.2 Å². The minimum absolute atomic E-state index is 0.126. The van der Waals surface area contributed by atoms with Crippen LogP contribution in [-0.2, 0) is 30.9 Å². The van der Waals surface area contributed by atoms with Crippen LogP contribution in [0.1, 0.15) is 32.4 Å². The number of benzene rings is 1. The summed E-state index contributed by atoms with van der Waals surface area (Å²) in [4.78, 5) is 12.5. The third-order valence-electron chi connectivity index (χ3n) is 3.11. The van der Waals surface area contributed by atoms with Crippen molar-refractivity contribution in [1.82, 2.24) is 9.78 Å². The lowest BCUT2D eigenvalue weighted by Crippen LogP contribution is -2.30. The van der Waals surface area contributed by atoms with E-state index < -0.39 is 33.6 Å². The molecule has 0 aliphatic rings. The number of esters is 1. The first-order chi connectivity index (χ1) is 12.7. The van der Waals surface area contributed by atoms with E-state index in [1.807, 2.05) is 0 Å². The monoisotopic (exact) mass is 478 g/mol. The lowest BCUT2D eigenvalue weighted by Gasteiger charge is -2.24. The van der Waals surface area contributed by atoms with E-state index in [1.54, 1.807) is 34.0 Å². The van der Waals surface area contributed by atoms with E-state index in [0.717, 1.165) is 18.4 Å². The van der Waals surface area contributed by atoms with Gasteiger partial charge in [0.25, 0.3) is 16.0 Å². The number of hydrogen-bond donors (Lipinski definition) is 0. The Morgan fingerprint density at radius 2 is 1.96 bits per heavy atom. The predicted octanol–water partition coefficient (Wildman–Crippen LogP) is 3.47. The van der Waals surface area contributed by atoms with Gasteiger partial charge in [0.05, 0.1) is 10.7 Å². The summed E-state index contributed by atoms with van der Waals surface area (Å²) in [5, 5.41) is 4.08. The normalized spacial score (nSPS) is 13.2. The lowest BCUT2D eigenvalue weighted by molar-refractivity contribution is -0.163. The summed E-state index contributed by atoms with van der Waals surface area (Å²) < 4.78 is 55.3. The molecule has 154 valence electrons. The number of carbonyl (C=O) groups is 1. The minimum atomic E-state index is -4.10. The fourth-order valence-corrected chi connectivity index (χ4v) is 3.14. The maximum Gasteiger partial charge on any atom is 0.342 e. The molecule has 1 aromatic heterocycles. The van der Waals surface area contributed by atoms with Crippen molar-refractivity contribution in [2.75, 3.05) is 6.26 Å². The van der Waals surface area contributed by atoms with Gasteiger partial charge < -0.3 is 9.47 Å². The third kappa shape index (κ3) is 6.28. The van der Waals surface area contributed by atoms with Gasteiger partial charge in [0, 0.05) is 18.8 Å². The van der Waals surface area contributed by atoms with Crippen LogP contribution in [-0.4, -0.2) is 36.0 Å². The summed E-state index contributed by atoms with van der Waals surface area (Å²) in [5.41, 5.74) is -1.27. The number of carbonyl (C=O) groups excluding carboxylic acids is 1. The third-order valence-corrected chi connectivity index (χ3v) is 4.20. The maximum absolute atomic E-state index is 14.4. The molecule has 0 N–H and O–H groups in total. The van der Waals surface area contributed by atoms with Gasteiger partial charge in [0.15, 0.2) is 0 Å². The van der Waals surface area contributed by atoms with Gasteiger partial charge in [-0.25, -0.2) is 13.4 Å². The van der Waals surface area contributed by atoms with Crippen molar-refractivity contribution in [2.45, 2.75) is 32.5 Å². The number of hydrogen-bond acceptors (Lipinski definition) is 7. The van der Waals surface area contributed by atoms with Crippen molar-refractivity contribution in [2.24, 2.45) is 7.05 Å². The van der Waals surface area contributed by atoms with Gasteiger partial charge in [-0.3, -0.25) is 4.68 Å². The Kier molecular flexibility index (Phi) is 6.51. The summed E-state index contributed by atoms with van der Waals surface area (Å²) >= 11 is 3.27. The Hall–Kier alpha value is -1.98. The number of aromatic nitrogens is 2. The van der Waals surface area contributed by atoms with E-state index in [1.165, 1.54) is 10.7 Å². The first-order valence-corrected chi connectivity index (χ1v) is 10.6. The average molecular weight is 479 g/mol. The molecule has 0 amide bonds. The fourth-order valence-electron chi connectivity index (χ4n) is 2.15. The van der Waals surface area contributed by atoms with Crippen molar-refractivity contribution in [3.05, 3.63) is 40.2 Å². The summed E-state index contributed by atoms with van der Waals surface area (Å²) in [5.74, 6) is -1.57. The van der Waals surface area contributed by atoms with Crippen molar-refractivity contribution in [3.63, 3.8) is 0 Å². The topological polar surface area (TPSA) is 96.7 Å². The van der Waals surface area contributed by atoms with Gasteiger partial charge >= 0.3 is 5.97 Å². The minimum Gasteiger partial charge on any atom is -0.458 e. The lowest BCUT2D eigenvalue weighted by atomic mass is 10.1. The molecule has 0 radical (unpaired) electrons. The van der Waals surface area contributed by atoms with Crippen LogP contribution >= 0.6 is 15.9 Å². The largest absolute Gasteiger partial charge is 0.458 e. The molecule has 1 unspecified atom stereocenters. The molecule has 1 atom stereocenters. The molecule has 0 bridgehead atoms. The Labute approximate surface area is 170 Å². The smallest absolute Gasteiger partial charge is 0.342 e. The van der Waals surface area contributed by atoms with Gasteiger partial charge in [-0.05, 0) is 54.9 Å². The second-order valence-electron chi connectivity index (χ2n) is 6.96. The average Bonchev–Trinajstić information content (AvgIpc) is 2.82. The first-order valence-electron chi connectivity index (χ1n) is 8.03. The molecule has 1 aromatic carbocycles. The summed E-state index contributed by atoms with van der Waals surface area (Å²) in [7, 11) is -2.41. The van der Waals surface area contributed by atoms with Gasteiger partial charge in [0.2, 0.25) is 6.10 Å². The molecule has 28 heavy (non-hydrogen) atoms. The summed E-state index contributed by atoms with van der Waals surface area (Å²) in [6.07, 6.45) is 0.578. The maximum atomic E-state index is 14.4. The van der Waals surface area contributed by atoms with E-state index in [-0.39, 0.29) is 17.2 Å². The molecule has 1 heterocycles. The zero-order chi connectivity index (χ0) is 21.3. The highest BCUT2D eigenvalue weighted by atomic mass is 79.9. The summed E-state index contributed by atoms with van der Waals surface area (Å²) in [6.45, 7) is 4.78. The Morgan fingerprint density at radius 1 is 1.32 bits per heavy atom. The van der Waals surface area contributed by atoms with E-state index in [4.69, 9.17) is 13.7 Å². The van der Waals surface area contributed by atoms with Crippen LogP contribution in [0.2, 0.25) is 0 Å². The zero-order valence-corrected chi connectivity index (χ0v) is 18.3.